The second-order valence-electron chi connectivity index (χ2n) is 6.18. The third kappa shape index (κ3) is 4.98. The number of ether oxygens (including phenoxy) is 1. The molecule has 7 nitrogen and oxygen atoms in total. The minimum Gasteiger partial charge on any atom is -0.376 e. The second-order valence-corrected chi connectivity index (χ2v) is 6.18. The molecule has 7 heteroatoms. The molecule has 0 radical (unpaired) electrons. The third-order valence-corrected chi connectivity index (χ3v) is 3.76. The number of rotatable bonds is 6. The van der Waals surface area contributed by atoms with E-state index in [-0.39, 0.29) is 0 Å². The van der Waals surface area contributed by atoms with Crippen LogP contribution >= 0.6 is 0 Å². The summed E-state index contributed by atoms with van der Waals surface area (Å²) in [7, 11) is 1.96. The normalized spacial score (nSPS) is 19.0. The molecule has 1 unspecified atom stereocenters. The Balaban J connectivity index is 1.92. The van der Waals surface area contributed by atoms with Gasteiger partial charge in [-0.25, -0.2) is 4.99 Å². The zero-order valence-corrected chi connectivity index (χ0v) is 14.1. The molecule has 2 heterocycles. The molecule has 2 rings (SSSR count). The van der Waals surface area contributed by atoms with E-state index in [4.69, 9.17) is 4.74 Å². The van der Waals surface area contributed by atoms with Crippen molar-refractivity contribution in [2.45, 2.75) is 46.3 Å². The minimum atomic E-state index is 0.295. The van der Waals surface area contributed by atoms with Crippen LogP contribution in [0.4, 0.5) is 0 Å². The van der Waals surface area contributed by atoms with E-state index in [1.165, 1.54) is 0 Å². The van der Waals surface area contributed by atoms with Crippen LogP contribution in [0.5, 0.6) is 0 Å². The van der Waals surface area contributed by atoms with Crippen LogP contribution < -0.4 is 10.6 Å². The number of hydrogen-bond donors (Lipinski definition) is 2. The average Bonchev–Trinajstić information content (AvgIpc) is 3.10. The van der Waals surface area contributed by atoms with Crippen LogP contribution in [0, 0.1) is 12.8 Å². The van der Waals surface area contributed by atoms with Crippen molar-refractivity contribution < 1.29 is 4.74 Å². The maximum atomic E-state index is 5.64. The molecule has 2 N–H and O–H groups in total. The molecular formula is C15H28N6O. The zero-order valence-electron chi connectivity index (χ0n) is 14.1. The van der Waals surface area contributed by atoms with Crippen molar-refractivity contribution in [1.29, 1.82) is 0 Å². The molecule has 124 valence electrons. The van der Waals surface area contributed by atoms with Gasteiger partial charge in [-0.05, 0) is 25.7 Å². The summed E-state index contributed by atoms with van der Waals surface area (Å²) < 4.78 is 7.60. The maximum absolute atomic E-state index is 5.64. The van der Waals surface area contributed by atoms with Crippen LogP contribution in [0.15, 0.2) is 4.99 Å². The lowest BCUT2D eigenvalue weighted by Gasteiger charge is -2.16. The number of aliphatic imine (C=N–C) groups is 1. The van der Waals surface area contributed by atoms with Crippen molar-refractivity contribution >= 4 is 5.96 Å². The minimum absolute atomic E-state index is 0.295. The monoisotopic (exact) mass is 308 g/mol. The van der Waals surface area contributed by atoms with Crippen molar-refractivity contribution in [2.24, 2.45) is 18.0 Å². The lowest BCUT2D eigenvalue weighted by molar-refractivity contribution is 0.113. The summed E-state index contributed by atoms with van der Waals surface area (Å²) in [6, 6.07) is 0. The lowest BCUT2D eigenvalue weighted by Crippen LogP contribution is -2.42. The fourth-order valence-electron chi connectivity index (χ4n) is 2.23. The van der Waals surface area contributed by atoms with Gasteiger partial charge in [-0.2, -0.15) is 0 Å². The highest BCUT2D eigenvalue weighted by atomic mass is 16.5. The summed E-state index contributed by atoms with van der Waals surface area (Å²) in [5.74, 6) is 3.13. The molecule has 1 aliphatic heterocycles. The lowest BCUT2D eigenvalue weighted by atomic mass is 10.2. The number of nitrogens with one attached hydrogen (secondary N) is 2. The van der Waals surface area contributed by atoms with E-state index in [9.17, 15) is 0 Å². The van der Waals surface area contributed by atoms with Crippen LogP contribution in [0.25, 0.3) is 0 Å². The van der Waals surface area contributed by atoms with Gasteiger partial charge in [-0.15, -0.1) is 10.2 Å². The topological polar surface area (TPSA) is 76.4 Å². The zero-order chi connectivity index (χ0) is 15.9. The highest BCUT2D eigenvalue weighted by Gasteiger charge is 2.15. The van der Waals surface area contributed by atoms with Gasteiger partial charge in [0.15, 0.2) is 11.8 Å². The van der Waals surface area contributed by atoms with E-state index >= 15 is 0 Å². The summed E-state index contributed by atoms with van der Waals surface area (Å²) in [6.07, 6.45) is 2.56. The Hall–Kier alpha value is -1.63. The van der Waals surface area contributed by atoms with Crippen LogP contribution in [-0.2, 0) is 18.3 Å². The largest absolute Gasteiger partial charge is 0.376 e. The molecule has 0 aromatic carbocycles. The van der Waals surface area contributed by atoms with Gasteiger partial charge in [-0.1, -0.05) is 13.8 Å². The first-order valence-corrected chi connectivity index (χ1v) is 8.05. The van der Waals surface area contributed by atoms with Gasteiger partial charge in [0.05, 0.1) is 6.10 Å². The fraction of sp³-hybridized carbons (Fsp3) is 0.800. The van der Waals surface area contributed by atoms with E-state index in [1.54, 1.807) is 0 Å². The van der Waals surface area contributed by atoms with Crippen molar-refractivity contribution in [3.8, 4) is 0 Å². The van der Waals surface area contributed by atoms with Gasteiger partial charge in [0.2, 0.25) is 0 Å². The van der Waals surface area contributed by atoms with Gasteiger partial charge in [-0.3, -0.25) is 0 Å². The van der Waals surface area contributed by atoms with Crippen molar-refractivity contribution in [3.05, 3.63) is 11.6 Å². The Morgan fingerprint density at radius 1 is 1.41 bits per heavy atom. The van der Waals surface area contributed by atoms with Gasteiger partial charge in [0.25, 0.3) is 0 Å². The van der Waals surface area contributed by atoms with E-state index < -0.39 is 0 Å². The van der Waals surface area contributed by atoms with Gasteiger partial charge in [0.1, 0.15) is 12.4 Å². The summed E-state index contributed by atoms with van der Waals surface area (Å²) in [5, 5.41) is 14.9. The Kier molecular flexibility index (Phi) is 6.18. The van der Waals surface area contributed by atoms with Gasteiger partial charge < -0.3 is 19.9 Å². The molecule has 0 amide bonds. The average molecular weight is 308 g/mol. The molecule has 1 aromatic heterocycles. The Morgan fingerprint density at radius 2 is 2.23 bits per heavy atom. The first kappa shape index (κ1) is 16.7. The van der Waals surface area contributed by atoms with Gasteiger partial charge in [0, 0.05) is 26.7 Å². The van der Waals surface area contributed by atoms with E-state index in [2.05, 4.69) is 39.7 Å². The van der Waals surface area contributed by atoms with E-state index in [1.807, 2.05) is 18.5 Å². The first-order chi connectivity index (χ1) is 10.6. The highest BCUT2D eigenvalue weighted by Crippen LogP contribution is 2.10. The summed E-state index contributed by atoms with van der Waals surface area (Å²) >= 11 is 0. The second kappa shape index (κ2) is 8.12. The highest BCUT2D eigenvalue weighted by molar-refractivity contribution is 5.79. The smallest absolute Gasteiger partial charge is 0.191 e. The quantitative estimate of drug-likeness (QED) is 0.605. The fourth-order valence-corrected chi connectivity index (χ4v) is 2.23. The van der Waals surface area contributed by atoms with E-state index in [0.717, 1.165) is 50.1 Å². The molecule has 1 aromatic rings. The molecule has 1 aliphatic rings. The Bertz CT molecular complexity index is 490. The number of hydrogen-bond acceptors (Lipinski definition) is 4. The van der Waals surface area contributed by atoms with Crippen molar-refractivity contribution in [2.75, 3.05) is 19.7 Å². The number of guanidine groups is 1. The SMILES string of the molecule is Cc1nnc(CN=C(NCC(C)C)NCC2CCCO2)n1C. The molecule has 22 heavy (non-hydrogen) atoms. The van der Waals surface area contributed by atoms with Gasteiger partial charge >= 0.3 is 0 Å². The van der Waals surface area contributed by atoms with Crippen LogP contribution in [0.2, 0.25) is 0 Å². The number of aromatic nitrogens is 3. The molecule has 0 bridgehead atoms. The third-order valence-electron chi connectivity index (χ3n) is 3.76. The molecule has 0 saturated carbocycles. The van der Waals surface area contributed by atoms with Crippen molar-refractivity contribution in [3.63, 3.8) is 0 Å². The molecule has 0 aliphatic carbocycles. The standard InChI is InChI=1S/C15H28N6O/c1-11(2)8-16-15(17-9-13-6-5-7-22-13)18-10-14-20-19-12(3)21(14)4/h11,13H,5-10H2,1-4H3,(H2,16,17,18). The molecule has 1 atom stereocenters. The summed E-state index contributed by atoms with van der Waals surface area (Å²) in [4.78, 5) is 4.62. The molecule has 1 saturated heterocycles. The van der Waals surface area contributed by atoms with Crippen LogP contribution in [-0.4, -0.2) is 46.5 Å². The number of aryl methyl sites for hydroxylation is 1. The van der Waals surface area contributed by atoms with Crippen molar-refractivity contribution in [1.82, 2.24) is 25.4 Å². The summed E-state index contributed by atoms with van der Waals surface area (Å²) in [5.41, 5.74) is 0. The van der Waals surface area contributed by atoms with E-state index in [0.29, 0.717) is 18.6 Å². The number of nitrogens with zero attached hydrogens (tertiary/aromatic N) is 4. The van der Waals surface area contributed by atoms with Crippen LogP contribution in [0.1, 0.15) is 38.3 Å². The summed E-state index contributed by atoms with van der Waals surface area (Å²) in [6.45, 7) is 9.35. The predicted octanol–water partition coefficient (Wildman–Crippen LogP) is 0.994. The molecular weight excluding hydrogens is 280 g/mol. The molecule has 1 fully saturated rings. The van der Waals surface area contributed by atoms with Crippen LogP contribution in [0.3, 0.4) is 0 Å². The maximum Gasteiger partial charge on any atom is 0.191 e. The Morgan fingerprint density at radius 3 is 2.82 bits per heavy atom. The Labute approximate surface area is 132 Å². The molecule has 0 spiro atoms. The first-order valence-electron chi connectivity index (χ1n) is 8.05. The predicted molar refractivity (Wildman–Crippen MR) is 86.7 cm³/mol.